The van der Waals surface area contributed by atoms with Crippen LogP contribution in [0.1, 0.15) is 0 Å². The Balaban J connectivity index is 4.34. The average Bonchev–Trinajstić information content (AvgIpc) is 2.20. The summed E-state index contributed by atoms with van der Waals surface area (Å²) < 4.78 is 9.56. The molecule has 0 rings (SSSR count). The molecule has 0 heterocycles. The Hall–Kier alpha value is -0.240. The normalized spacial score (nSPS) is 20.1. The second kappa shape index (κ2) is 7.10. The van der Waals surface area contributed by atoms with Crippen LogP contribution in [0.3, 0.4) is 0 Å². The fourth-order valence-corrected chi connectivity index (χ4v) is 1.16. The molecule has 0 unspecified atom stereocenters. The van der Waals surface area contributed by atoms with Crippen molar-refractivity contribution in [2.24, 2.45) is 0 Å². The van der Waals surface area contributed by atoms with E-state index in [0.29, 0.717) is 0 Å². The van der Waals surface area contributed by atoms with Crippen LogP contribution in [-0.4, -0.2) is 72.3 Å². The van der Waals surface area contributed by atoms with Crippen LogP contribution in [0.15, 0.2) is 0 Å². The molecule has 4 N–H and O–H groups in total. The van der Waals surface area contributed by atoms with Gasteiger partial charge < -0.3 is 29.9 Å². The summed E-state index contributed by atoms with van der Waals surface area (Å²) in [5, 5.41) is 36.3. The third kappa shape index (κ3) is 3.49. The molecule has 0 spiro atoms. The first kappa shape index (κ1) is 13.8. The molecule has 0 aliphatic rings. The van der Waals surface area contributed by atoms with E-state index in [4.69, 9.17) is 19.7 Å². The molecule has 0 aliphatic heterocycles. The van der Waals surface area contributed by atoms with Gasteiger partial charge in [-0.2, -0.15) is 0 Å². The summed E-state index contributed by atoms with van der Waals surface area (Å²) >= 11 is 0. The Kier molecular flexibility index (Phi) is 6.98. The Bertz CT molecular complexity index is 138. The van der Waals surface area contributed by atoms with Crippen LogP contribution in [0.2, 0.25) is 0 Å². The number of rotatable bonds is 7. The molecule has 0 aromatic heterocycles. The fraction of sp³-hybridized carbons (Fsp3) is 1.00. The Morgan fingerprint density at radius 2 is 1.57 bits per heavy atom. The molecule has 6 heteroatoms. The molecule has 0 radical (unpaired) electrons. The number of ether oxygens (including phenoxy) is 2. The van der Waals surface area contributed by atoms with E-state index in [1.54, 1.807) is 0 Å². The van der Waals surface area contributed by atoms with Crippen molar-refractivity contribution < 1.29 is 29.9 Å². The smallest absolute Gasteiger partial charge is 0.114 e. The lowest BCUT2D eigenvalue weighted by Crippen LogP contribution is -2.48. The van der Waals surface area contributed by atoms with Gasteiger partial charge in [0.2, 0.25) is 0 Å². The van der Waals surface area contributed by atoms with Gasteiger partial charge in [-0.15, -0.1) is 0 Å². The van der Waals surface area contributed by atoms with E-state index in [1.165, 1.54) is 14.2 Å². The molecule has 4 atom stereocenters. The van der Waals surface area contributed by atoms with Gasteiger partial charge in [0.25, 0.3) is 0 Å². The van der Waals surface area contributed by atoms with Crippen LogP contribution in [0.4, 0.5) is 0 Å². The number of aliphatic hydroxyl groups excluding tert-OH is 4. The first-order valence-corrected chi connectivity index (χ1v) is 4.25. The summed E-state index contributed by atoms with van der Waals surface area (Å²) in [4.78, 5) is 0. The highest BCUT2D eigenvalue weighted by atomic mass is 16.5. The van der Waals surface area contributed by atoms with Crippen molar-refractivity contribution in [2.75, 3.05) is 27.4 Å². The maximum absolute atomic E-state index is 9.59. The van der Waals surface area contributed by atoms with Crippen LogP contribution in [0.5, 0.6) is 0 Å². The van der Waals surface area contributed by atoms with Gasteiger partial charge in [-0.3, -0.25) is 0 Å². The Morgan fingerprint density at radius 3 is 1.86 bits per heavy atom. The third-order valence-electron chi connectivity index (χ3n) is 2.04. The van der Waals surface area contributed by atoms with Gasteiger partial charge in [-0.05, 0) is 0 Å². The molecule has 0 bridgehead atoms. The maximum Gasteiger partial charge on any atom is 0.114 e. The molecule has 0 fully saturated rings. The second-order valence-corrected chi connectivity index (χ2v) is 2.90. The van der Waals surface area contributed by atoms with Crippen LogP contribution in [-0.2, 0) is 9.47 Å². The largest absolute Gasteiger partial charge is 0.394 e. The summed E-state index contributed by atoms with van der Waals surface area (Å²) in [7, 11) is 2.61. The van der Waals surface area contributed by atoms with E-state index in [9.17, 15) is 10.2 Å². The zero-order valence-corrected chi connectivity index (χ0v) is 8.33. The molecular formula is C8H18O6. The first-order valence-electron chi connectivity index (χ1n) is 4.25. The molecule has 0 saturated carbocycles. The lowest BCUT2D eigenvalue weighted by molar-refractivity contribution is -0.144. The van der Waals surface area contributed by atoms with Crippen molar-refractivity contribution in [3.8, 4) is 0 Å². The van der Waals surface area contributed by atoms with Gasteiger partial charge in [0.05, 0.1) is 13.2 Å². The van der Waals surface area contributed by atoms with E-state index >= 15 is 0 Å². The van der Waals surface area contributed by atoms with Gasteiger partial charge in [-0.1, -0.05) is 0 Å². The molecule has 0 aromatic carbocycles. The SMILES string of the molecule is CO[C@@H]([C@H](O)[C@H](CO)OC)[C@H](O)CO. The minimum Gasteiger partial charge on any atom is -0.394 e. The van der Waals surface area contributed by atoms with Crippen LogP contribution in [0.25, 0.3) is 0 Å². The molecule has 6 nitrogen and oxygen atoms in total. The van der Waals surface area contributed by atoms with Crippen molar-refractivity contribution in [1.82, 2.24) is 0 Å². The molecular weight excluding hydrogens is 192 g/mol. The Morgan fingerprint density at radius 1 is 1.00 bits per heavy atom. The van der Waals surface area contributed by atoms with Gasteiger partial charge in [0.1, 0.15) is 24.4 Å². The number of hydrogen-bond acceptors (Lipinski definition) is 6. The molecule has 86 valence electrons. The molecule has 0 saturated heterocycles. The van der Waals surface area contributed by atoms with Crippen molar-refractivity contribution >= 4 is 0 Å². The predicted molar refractivity (Wildman–Crippen MR) is 47.8 cm³/mol. The average molecular weight is 210 g/mol. The van der Waals surface area contributed by atoms with Crippen molar-refractivity contribution in [2.45, 2.75) is 24.4 Å². The van der Waals surface area contributed by atoms with E-state index in [-0.39, 0.29) is 0 Å². The number of methoxy groups -OCH3 is 2. The monoisotopic (exact) mass is 210 g/mol. The highest BCUT2D eigenvalue weighted by molar-refractivity contribution is 4.82. The maximum atomic E-state index is 9.59. The van der Waals surface area contributed by atoms with Crippen LogP contribution in [0, 0.1) is 0 Å². The summed E-state index contributed by atoms with van der Waals surface area (Å²) in [5.74, 6) is 0. The van der Waals surface area contributed by atoms with E-state index in [2.05, 4.69) is 0 Å². The summed E-state index contributed by atoms with van der Waals surface area (Å²) in [5.41, 5.74) is 0. The standard InChI is InChI=1S/C8H18O6/c1-13-6(4-10)7(12)8(14-2)5(11)3-9/h5-12H,3-4H2,1-2H3/t5-,6+,7-,8-/m1/s1. The highest BCUT2D eigenvalue weighted by Gasteiger charge is 2.32. The van der Waals surface area contributed by atoms with Gasteiger partial charge in [0.15, 0.2) is 0 Å². The van der Waals surface area contributed by atoms with E-state index in [0.717, 1.165) is 0 Å². The predicted octanol–water partition coefficient (Wildman–Crippen LogP) is -2.28. The minimum atomic E-state index is -1.21. The van der Waals surface area contributed by atoms with Gasteiger partial charge >= 0.3 is 0 Å². The second-order valence-electron chi connectivity index (χ2n) is 2.90. The molecule has 0 aliphatic carbocycles. The quantitative estimate of drug-likeness (QED) is 0.378. The van der Waals surface area contributed by atoms with E-state index in [1.807, 2.05) is 0 Å². The van der Waals surface area contributed by atoms with E-state index < -0.39 is 37.6 Å². The van der Waals surface area contributed by atoms with Crippen molar-refractivity contribution in [1.29, 1.82) is 0 Å². The highest BCUT2D eigenvalue weighted by Crippen LogP contribution is 2.10. The third-order valence-corrected chi connectivity index (χ3v) is 2.04. The number of aliphatic hydroxyl groups is 4. The van der Waals surface area contributed by atoms with Gasteiger partial charge in [-0.25, -0.2) is 0 Å². The van der Waals surface area contributed by atoms with Crippen LogP contribution < -0.4 is 0 Å². The summed E-state index contributed by atoms with van der Waals surface area (Å²) in [6.45, 7) is -0.924. The summed E-state index contributed by atoms with van der Waals surface area (Å²) in [6, 6.07) is 0. The van der Waals surface area contributed by atoms with Gasteiger partial charge in [0, 0.05) is 14.2 Å². The minimum absolute atomic E-state index is 0.393. The van der Waals surface area contributed by atoms with Crippen molar-refractivity contribution in [3.63, 3.8) is 0 Å². The Labute approximate surface area is 82.7 Å². The lowest BCUT2D eigenvalue weighted by atomic mass is 10.0. The topological polar surface area (TPSA) is 99.4 Å². The first-order chi connectivity index (χ1) is 6.62. The zero-order valence-electron chi connectivity index (χ0n) is 8.33. The molecule has 14 heavy (non-hydrogen) atoms. The van der Waals surface area contributed by atoms with Crippen molar-refractivity contribution in [3.05, 3.63) is 0 Å². The zero-order chi connectivity index (χ0) is 11.1. The fourth-order valence-electron chi connectivity index (χ4n) is 1.16. The van der Waals surface area contributed by atoms with Crippen LogP contribution >= 0.6 is 0 Å². The molecule has 0 amide bonds. The lowest BCUT2D eigenvalue weighted by Gasteiger charge is -2.29. The summed E-state index contributed by atoms with van der Waals surface area (Å²) in [6.07, 6.45) is -4.24. The molecule has 0 aromatic rings. The number of hydrogen-bond donors (Lipinski definition) is 4.